The predicted molar refractivity (Wildman–Crippen MR) is 147 cm³/mol. The predicted octanol–water partition coefficient (Wildman–Crippen LogP) is 4.84. The van der Waals surface area contributed by atoms with Crippen LogP contribution in [0.15, 0.2) is 78.4 Å². The summed E-state index contributed by atoms with van der Waals surface area (Å²) in [5.74, 6) is -1.55. The van der Waals surface area contributed by atoms with Gasteiger partial charge in [0, 0.05) is 5.56 Å². The van der Waals surface area contributed by atoms with Crippen molar-refractivity contribution < 1.29 is 19.4 Å². The average Bonchev–Trinajstić information content (AvgIpc) is 3.46. The van der Waals surface area contributed by atoms with E-state index in [2.05, 4.69) is 18.2 Å². The fourth-order valence-electron chi connectivity index (χ4n) is 5.98. The van der Waals surface area contributed by atoms with Crippen LogP contribution in [0.2, 0.25) is 0 Å². The third kappa shape index (κ3) is 4.24. The Balaban J connectivity index is 1.65. The molecule has 4 atom stereocenters. The lowest BCUT2D eigenvalue weighted by Crippen LogP contribution is -2.57. The molecule has 6 heteroatoms. The first kappa shape index (κ1) is 25.9. The van der Waals surface area contributed by atoms with E-state index < -0.39 is 29.1 Å². The van der Waals surface area contributed by atoms with Crippen LogP contribution in [0, 0.1) is 11.3 Å². The molecule has 0 aromatic heterocycles. The molecule has 0 saturated heterocycles. The summed E-state index contributed by atoms with van der Waals surface area (Å²) in [5, 5.41) is 9.40. The number of carbonyl (C=O) groups is 2. The molecular formula is C32H34N2O4. The Morgan fingerprint density at radius 2 is 1.66 bits per heavy atom. The molecule has 5 rings (SSSR count). The van der Waals surface area contributed by atoms with Gasteiger partial charge >= 0.3 is 11.9 Å². The first-order valence-corrected chi connectivity index (χ1v) is 13.2. The van der Waals surface area contributed by atoms with Crippen LogP contribution in [0.5, 0.6) is 0 Å². The number of carboxylic acids is 1. The molecule has 6 nitrogen and oxygen atoms in total. The maximum absolute atomic E-state index is 13.5. The standard InChI is InChI=1S/C32H34N2O4/c1-3-20(2)28(33)30(37)38-32(34)27-11-7-6-10-25(27)19-31(32,18-21-12-14-22(15-13-21)29(35)36)26-16-23-8-4-5-9-24(23)17-26/h4-16,20,28H,3,17-19,33-34H2,1-2H3,(H,35,36)/t20?,28-,31+,32-/m0/s1. The molecule has 0 aliphatic heterocycles. The smallest absolute Gasteiger partial charge is 0.335 e. The van der Waals surface area contributed by atoms with Gasteiger partial charge in [0.1, 0.15) is 6.04 Å². The Morgan fingerprint density at radius 3 is 2.32 bits per heavy atom. The average molecular weight is 511 g/mol. The highest BCUT2D eigenvalue weighted by Crippen LogP contribution is 2.57. The molecule has 38 heavy (non-hydrogen) atoms. The summed E-state index contributed by atoms with van der Waals surface area (Å²) in [4.78, 5) is 25.0. The molecule has 0 bridgehead atoms. The second kappa shape index (κ2) is 9.86. The first-order chi connectivity index (χ1) is 18.2. The van der Waals surface area contributed by atoms with Crippen LogP contribution in [0.25, 0.3) is 6.08 Å². The minimum absolute atomic E-state index is 0.0596. The second-order valence-electron chi connectivity index (χ2n) is 10.7. The summed E-state index contributed by atoms with van der Waals surface area (Å²) in [6, 6.07) is 22.2. The van der Waals surface area contributed by atoms with Crippen molar-refractivity contribution in [2.24, 2.45) is 22.8 Å². The minimum atomic E-state index is -1.47. The molecule has 0 radical (unpaired) electrons. The van der Waals surface area contributed by atoms with Crippen molar-refractivity contribution in [3.05, 3.63) is 112 Å². The van der Waals surface area contributed by atoms with Gasteiger partial charge < -0.3 is 15.6 Å². The third-order valence-corrected chi connectivity index (χ3v) is 8.50. The van der Waals surface area contributed by atoms with E-state index in [1.807, 2.05) is 62.4 Å². The summed E-state index contributed by atoms with van der Waals surface area (Å²) in [6.07, 6.45) is 4.64. The molecular weight excluding hydrogens is 476 g/mol. The van der Waals surface area contributed by atoms with E-state index in [0.717, 1.165) is 34.2 Å². The summed E-state index contributed by atoms with van der Waals surface area (Å²) in [7, 11) is 0. The molecule has 0 spiro atoms. The molecule has 3 aromatic carbocycles. The second-order valence-corrected chi connectivity index (χ2v) is 10.7. The van der Waals surface area contributed by atoms with Gasteiger partial charge in [0.25, 0.3) is 0 Å². The Labute approximate surface area is 223 Å². The fraction of sp³-hybridized carbons (Fsp3) is 0.312. The lowest BCUT2D eigenvalue weighted by Gasteiger charge is -2.45. The Kier molecular flexibility index (Phi) is 6.72. The maximum Gasteiger partial charge on any atom is 0.335 e. The molecule has 2 aliphatic carbocycles. The number of fused-ring (bicyclic) bond motifs is 2. The lowest BCUT2D eigenvalue weighted by molar-refractivity contribution is -0.176. The van der Waals surface area contributed by atoms with E-state index in [4.69, 9.17) is 16.2 Å². The monoisotopic (exact) mass is 510 g/mol. The summed E-state index contributed by atoms with van der Waals surface area (Å²) >= 11 is 0. The van der Waals surface area contributed by atoms with E-state index in [9.17, 15) is 14.7 Å². The topological polar surface area (TPSA) is 116 Å². The summed E-state index contributed by atoms with van der Waals surface area (Å²) in [5.41, 5.74) is 17.8. The zero-order valence-corrected chi connectivity index (χ0v) is 21.8. The highest BCUT2D eigenvalue weighted by Gasteiger charge is 2.61. The summed E-state index contributed by atoms with van der Waals surface area (Å²) < 4.78 is 6.35. The van der Waals surface area contributed by atoms with Crippen molar-refractivity contribution in [2.75, 3.05) is 0 Å². The number of hydrogen-bond donors (Lipinski definition) is 3. The number of rotatable bonds is 8. The van der Waals surface area contributed by atoms with Gasteiger partial charge in [-0.25, -0.2) is 4.79 Å². The van der Waals surface area contributed by atoms with Crippen molar-refractivity contribution in [1.29, 1.82) is 0 Å². The van der Waals surface area contributed by atoms with Gasteiger partial charge in [-0.2, -0.15) is 0 Å². The first-order valence-electron chi connectivity index (χ1n) is 13.2. The van der Waals surface area contributed by atoms with Crippen molar-refractivity contribution in [3.63, 3.8) is 0 Å². The molecule has 0 saturated carbocycles. The lowest BCUT2D eigenvalue weighted by atomic mass is 9.67. The molecule has 3 aromatic rings. The number of aromatic carboxylic acids is 1. The SMILES string of the molecule is CCC(C)[C@H](N)C(=O)O[C@@]1(N)c2ccccc2C[C@]1(Cc1ccc(C(=O)O)cc1)C1=Cc2ccccc2C1. The molecule has 196 valence electrons. The van der Waals surface area contributed by atoms with E-state index in [1.54, 1.807) is 12.1 Å². The highest BCUT2D eigenvalue weighted by molar-refractivity contribution is 5.87. The largest absolute Gasteiger partial charge is 0.478 e. The van der Waals surface area contributed by atoms with Crippen molar-refractivity contribution >= 4 is 18.0 Å². The van der Waals surface area contributed by atoms with Crippen LogP contribution in [0.4, 0.5) is 0 Å². The van der Waals surface area contributed by atoms with Crippen LogP contribution in [0.1, 0.15) is 58.4 Å². The van der Waals surface area contributed by atoms with Gasteiger partial charge in [0.15, 0.2) is 5.72 Å². The third-order valence-electron chi connectivity index (χ3n) is 8.50. The normalized spacial score (nSPS) is 23.2. The van der Waals surface area contributed by atoms with Crippen LogP contribution in [-0.4, -0.2) is 23.1 Å². The molecule has 0 amide bonds. The number of esters is 1. The number of benzene rings is 3. The molecule has 1 unspecified atom stereocenters. The van der Waals surface area contributed by atoms with Gasteiger partial charge in [-0.1, -0.05) is 92.6 Å². The molecule has 0 heterocycles. The van der Waals surface area contributed by atoms with Gasteiger partial charge in [-0.15, -0.1) is 0 Å². The zero-order valence-electron chi connectivity index (χ0n) is 21.8. The summed E-state index contributed by atoms with van der Waals surface area (Å²) in [6.45, 7) is 3.93. The van der Waals surface area contributed by atoms with Crippen molar-refractivity contribution in [2.45, 2.75) is 51.3 Å². The fourth-order valence-corrected chi connectivity index (χ4v) is 5.98. The quantitative estimate of drug-likeness (QED) is 0.295. The molecule has 5 N–H and O–H groups in total. The van der Waals surface area contributed by atoms with Crippen LogP contribution in [0.3, 0.4) is 0 Å². The number of carboxylic acid groups (broad SMARTS) is 1. The van der Waals surface area contributed by atoms with E-state index in [0.29, 0.717) is 19.3 Å². The van der Waals surface area contributed by atoms with Crippen LogP contribution >= 0.6 is 0 Å². The Hall–Kier alpha value is -3.74. The van der Waals surface area contributed by atoms with Gasteiger partial charge in [0.2, 0.25) is 0 Å². The van der Waals surface area contributed by atoms with E-state index >= 15 is 0 Å². The van der Waals surface area contributed by atoms with E-state index in [-0.39, 0.29) is 11.5 Å². The van der Waals surface area contributed by atoms with Crippen molar-refractivity contribution in [1.82, 2.24) is 0 Å². The number of hydrogen-bond acceptors (Lipinski definition) is 5. The minimum Gasteiger partial charge on any atom is -0.478 e. The number of nitrogens with two attached hydrogens (primary N) is 2. The van der Waals surface area contributed by atoms with Crippen LogP contribution in [-0.2, 0) is 34.5 Å². The number of carbonyl (C=O) groups excluding carboxylic acids is 1. The van der Waals surface area contributed by atoms with Crippen LogP contribution < -0.4 is 11.5 Å². The zero-order chi connectivity index (χ0) is 27.1. The van der Waals surface area contributed by atoms with E-state index in [1.165, 1.54) is 5.56 Å². The van der Waals surface area contributed by atoms with Gasteiger partial charge in [-0.05, 0) is 59.6 Å². The Morgan fingerprint density at radius 1 is 1.00 bits per heavy atom. The van der Waals surface area contributed by atoms with Gasteiger partial charge in [0.05, 0.1) is 11.0 Å². The van der Waals surface area contributed by atoms with Gasteiger partial charge in [-0.3, -0.25) is 10.5 Å². The maximum atomic E-state index is 13.5. The molecule has 2 aliphatic rings. The highest BCUT2D eigenvalue weighted by atomic mass is 16.6. The molecule has 0 fully saturated rings. The Bertz CT molecular complexity index is 1410. The van der Waals surface area contributed by atoms with Crippen molar-refractivity contribution in [3.8, 4) is 0 Å². The number of ether oxygens (including phenoxy) is 1.